The highest BCUT2D eigenvalue weighted by molar-refractivity contribution is 5.89. The minimum Gasteiger partial charge on any atom is -0.368 e. The summed E-state index contributed by atoms with van der Waals surface area (Å²) in [6.07, 6.45) is 0.317. The van der Waals surface area contributed by atoms with Gasteiger partial charge in [0, 0.05) is 6.42 Å². The Morgan fingerprint density at radius 3 is 2.57 bits per heavy atom. The summed E-state index contributed by atoms with van der Waals surface area (Å²) in [5.74, 6) is -1.23. The number of amides is 2. The number of benzene rings is 2. The molecule has 2 aromatic rings. The molecule has 0 aliphatic rings. The van der Waals surface area contributed by atoms with Gasteiger partial charge in [0.2, 0.25) is 11.8 Å². The molecule has 2 rings (SSSR count). The van der Waals surface area contributed by atoms with Crippen LogP contribution in [-0.2, 0) is 16.0 Å². The Balaban J connectivity index is 2.07. The summed E-state index contributed by atoms with van der Waals surface area (Å²) >= 11 is 0. The first-order valence-electron chi connectivity index (χ1n) is 7.44. The lowest BCUT2D eigenvalue weighted by Crippen LogP contribution is -2.48. The molecule has 0 saturated carbocycles. The minimum atomic E-state index is -0.831. The van der Waals surface area contributed by atoms with Crippen LogP contribution in [0.5, 0.6) is 0 Å². The van der Waals surface area contributed by atoms with Crippen LogP contribution in [0.1, 0.15) is 18.9 Å². The highest BCUT2D eigenvalue weighted by Gasteiger charge is 2.24. The SMILES string of the molecule is C[C@H](CC#N)[C@@H](NC(=O)Cc1ccc2ccccc2c1)C(N)=O. The maximum Gasteiger partial charge on any atom is 0.240 e. The Labute approximate surface area is 135 Å². The van der Waals surface area contributed by atoms with Gasteiger partial charge in [-0.3, -0.25) is 9.59 Å². The molecule has 0 aliphatic carbocycles. The summed E-state index contributed by atoms with van der Waals surface area (Å²) < 4.78 is 0. The summed E-state index contributed by atoms with van der Waals surface area (Å²) in [6, 6.07) is 14.9. The Morgan fingerprint density at radius 1 is 1.22 bits per heavy atom. The van der Waals surface area contributed by atoms with Gasteiger partial charge in [0.15, 0.2) is 0 Å². The molecule has 118 valence electrons. The van der Waals surface area contributed by atoms with E-state index in [0.29, 0.717) is 0 Å². The maximum absolute atomic E-state index is 12.2. The normalized spacial score (nSPS) is 13.0. The van der Waals surface area contributed by atoms with E-state index in [1.807, 2.05) is 48.5 Å². The molecule has 0 bridgehead atoms. The van der Waals surface area contributed by atoms with E-state index in [9.17, 15) is 9.59 Å². The predicted molar refractivity (Wildman–Crippen MR) is 88.2 cm³/mol. The van der Waals surface area contributed by atoms with Crippen molar-refractivity contribution < 1.29 is 9.59 Å². The molecule has 5 heteroatoms. The molecule has 23 heavy (non-hydrogen) atoms. The molecule has 0 heterocycles. The molecule has 0 saturated heterocycles. The maximum atomic E-state index is 12.2. The van der Waals surface area contributed by atoms with Crippen LogP contribution in [0.3, 0.4) is 0 Å². The molecule has 0 aliphatic heterocycles. The van der Waals surface area contributed by atoms with Crippen LogP contribution in [0, 0.1) is 17.2 Å². The van der Waals surface area contributed by atoms with E-state index in [4.69, 9.17) is 11.0 Å². The Morgan fingerprint density at radius 2 is 1.91 bits per heavy atom. The number of carbonyl (C=O) groups excluding carboxylic acids is 2. The summed E-state index contributed by atoms with van der Waals surface area (Å²) in [5.41, 5.74) is 6.18. The molecule has 2 amide bonds. The zero-order valence-corrected chi connectivity index (χ0v) is 13.0. The number of nitrogens with zero attached hydrogens (tertiary/aromatic N) is 1. The number of primary amides is 1. The Kier molecular flexibility index (Phi) is 5.32. The lowest BCUT2D eigenvalue weighted by atomic mass is 9.98. The first-order chi connectivity index (χ1) is 11.0. The van der Waals surface area contributed by atoms with Gasteiger partial charge in [-0.25, -0.2) is 0 Å². The number of nitrogens with two attached hydrogens (primary N) is 1. The lowest BCUT2D eigenvalue weighted by Gasteiger charge is -2.20. The molecule has 3 N–H and O–H groups in total. The van der Waals surface area contributed by atoms with E-state index in [1.165, 1.54) is 0 Å². The summed E-state index contributed by atoms with van der Waals surface area (Å²) in [4.78, 5) is 23.6. The smallest absolute Gasteiger partial charge is 0.240 e. The van der Waals surface area contributed by atoms with Gasteiger partial charge in [-0.15, -0.1) is 0 Å². The molecule has 0 spiro atoms. The van der Waals surface area contributed by atoms with E-state index in [1.54, 1.807) is 6.92 Å². The van der Waals surface area contributed by atoms with Crippen molar-refractivity contribution in [1.82, 2.24) is 5.32 Å². The summed E-state index contributed by atoms with van der Waals surface area (Å²) in [6.45, 7) is 1.72. The topological polar surface area (TPSA) is 96.0 Å². The number of fused-ring (bicyclic) bond motifs is 1. The molecule has 0 radical (unpaired) electrons. The first kappa shape index (κ1) is 16.5. The molecule has 0 unspecified atom stereocenters. The van der Waals surface area contributed by atoms with Gasteiger partial charge in [0.05, 0.1) is 12.5 Å². The van der Waals surface area contributed by atoms with Gasteiger partial charge in [-0.2, -0.15) is 5.26 Å². The fraction of sp³-hybridized carbons (Fsp3) is 0.278. The van der Waals surface area contributed by atoms with Crippen molar-refractivity contribution in [1.29, 1.82) is 5.26 Å². The van der Waals surface area contributed by atoms with Crippen molar-refractivity contribution >= 4 is 22.6 Å². The van der Waals surface area contributed by atoms with Crippen molar-refractivity contribution in [3.8, 4) is 6.07 Å². The van der Waals surface area contributed by atoms with E-state index in [2.05, 4.69) is 5.32 Å². The fourth-order valence-electron chi connectivity index (χ4n) is 2.51. The van der Waals surface area contributed by atoms with Crippen molar-refractivity contribution in [2.45, 2.75) is 25.8 Å². The molecule has 0 fully saturated rings. The van der Waals surface area contributed by atoms with Crippen LogP contribution in [0.2, 0.25) is 0 Å². The zero-order valence-electron chi connectivity index (χ0n) is 13.0. The second-order valence-electron chi connectivity index (χ2n) is 5.65. The third-order valence-corrected chi connectivity index (χ3v) is 3.78. The van der Waals surface area contributed by atoms with Gasteiger partial charge in [-0.05, 0) is 22.3 Å². The lowest BCUT2D eigenvalue weighted by molar-refractivity contribution is -0.128. The van der Waals surface area contributed by atoms with E-state index in [-0.39, 0.29) is 24.7 Å². The van der Waals surface area contributed by atoms with Gasteiger partial charge in [0.1, 0.15) is 6.04 Å². The number of rotatable bonds is 6. The van der Waals surface area contributed by atoms with E-state index in [0.717, 1.165) is 16.3 Å². The number of hydrogen-bond acceptors (Lipinski definition) is 3. The van der Waals surface area contributed by atoms with Gasteiger partial charge >= 0.3 is 0 Å². The first-order valence-corrected chi connectivity index (χ1v) is 7.44. The molecule has 2 atom stereocenters. The quantitative estimate of drug-likeness (QED) is 0.853. The van der Waals surface area contributed by atoms with E-state index >= 15 is 0 Å². The molecule has 0 aromatic heterocycles. The van der Waals surface area contributed by atoms with Crippen molar-refractivity contribution in [3.63, 3.8) is 0 Å². The monoisotopic (exact) mass is 309 g/mol. The third kappa shape index (κ3) is 4.30. The number of nitriles is 1. The minimum absolute atomic E-state index is 0.157. The van der Waals surface area contributed by atoms with Crippen LogP contribution >= 0.6 is 0 Å². The predicted octanol–water partition coefficient (Wildman–Crippen LogP) is 1.90. The van der Waals surface area contributed by atoms with Crippen LogP contribution < -0.4 is 11.1 Å². The Bertz CT molecular complexity index is 764. The second-order valence-corrected chi connectivity index (χ2v) is 5.65. The van der Waals surface area contributed by atoms with Crippen LogP contribution in [-0.4, -0.2) is 17.9 Å². The van der Waals surface area contributed by atoms with Crippen molar-refractivity contribution in [3.05, 3.63) is 48.0 Å². The second kappa shape index (κ2) is 7.41. The summed E-state index contributed by atoms with van der Waals surface area (Å²) in [7, 11) is 0. The number of carbonyl (C=O) groups is 2. The molecular weight excluding hydrogens is 290 g/mol. The Hall–Kier alpha value is -2.87. The molecular formula is C18H19N3O2. The summed E-state index contributed by atoms with van der Waals surface area (Å²) in [5, 5.41) is 13.5. The number of nitrogens with one attached hydrogen (secondary N) is 1. The molecule has 2 aromatic carbocycles. The van der Waals surface area contributed by atoms with Crippen LogP contribution in [0.4, 0.5) is 0 Å². The molecule has 5 nitrogen and oxygen atoms in total. The fourth-order valence-corrected chi connectivity index (χ4v) is 2.51. The standard InChI is InChI=1S/C18H19N3O2/c1-12(8-9-19)17(18(20)23)21-16(22)11-13-6-7-14-4-2-3-5-15(14)10-13/h2-7,10,12,17H,8,11H2,1H3,(H2,20,23)(H,21,22)/t12-,17-/m1/s1. The average molecular weight is 309 g/mol. The largest absolute Gasteiger partial charge is 0.368 e. The van der Waals surface area contributed by atoms with Crippen molar-refractivity contribution in [2.24, 2.45) is 11.7 Å². The van der Waals surface area contributed by atoms with Crippen molar-refractivity contribution in [2.75, 3.05) is 0 Å². The highest BCUT2D eigenvalue weighted by Crippen LogP contribution is 2.16. The van der Waals surface area contributed by atoms with Crippen LogP contribution in [0.15, 0.2) is 42.5 Å². The third-order valence-electron chi connectivity index (χ3n) is 3.78. The van der Waals surface area contributed by atoms with Crippen LogP contribution in [0.25, 0.3) is 10.8 Å². The van der Waals surface area contributed by atoms with Gasteiger partial charge in [-0.1, -0.05) is 49.4 Å². The zero-order chi connectivity index (χ0) is 16.8. The average Bonchev–Trinajstić information content (AvgIpc) is 2.52. The van der Waals surface area contributed by atoms with Gasteiger partial charge in [0.25, 0.3) is 0 Å². The van der Waals surface area contributed by atoms with Gasteiger partial charge < -0.3 is 11.1 Å². The highest BCUT2D eigenvalue weighted by atomic mass is 16.2. The van der Waals surface area contributed by atoms with E-state index < -0.39 is 11.9 Å². The number of hydrogen-bond donors (Lipinski definition) is 2.